The minimum atomic E-state index is -3.13. The SMILES string of the molecule is [C]#Cc1ccccc1[Si](OCC)(c1ccccc1C#[C+])c1ccccc1C#C. The van der Waals surface area contributed by atoms with E-state index in [-0.39, 0.29) is 0 Å². The first-order valence-corrected chi connectivity index (χ1v) is 10.9. The second-order valence-electron chi connectivity index (χ2n) is 6.15. The molecule has 3 aromatic rings. The van der Waals surface area contributed by atoms with Gasteiger partial charge in [-0.25, -0.2) is 0 Å². The summed E-state index contributed by atoms with van der Waals surface area (Å²) in [6, 6.07) is 23.1. The van der Waals surface area contributed by atoms with Gasteiger partial charge in [0.25, 0.3) is 0 Å². The van der Waals surface area contributed by atoms with E-state index < -0.39 is 8.32 Å². The topological polar surface area (TPSA) is 9.23 Å². The van der Waals surface area contributed by atoms with Gasteiger partial charge in [-0.05, 0) is 0 Å². The Bertz CT molecular complexity index is 982. The van der Waals surface area contributed by atoms with Crippen LogP contribution in [-0.4, -0.2) is 14.9 Å². The van der Waals surface area contributed by atoms with Crippen molar-refractivity contribution in [1.82, 2.24) is 0 Å². The van der Waals surface area contributed by atoms with Gasteiger partial charge in [-0.2, -0.15) is 0 Å². The van der Waals surface area contributed by atoms with Crippen LogP contribution in [-0.2, 0) is 4.43 Å². The maximum atomic E-state index is 7.84. The molecule has 0 unspecified atom stereocenters. The fourth-order valence-corrected chi connectivity index (χ4v) is 7.95. The molecule has 131 valence electrons. The van der Waals surface area contributed by atoms with Crippen molar-refractivity contribution in [3.8, 4) is 24.2 Å². The normalized spacial score (nSPS) is 10.6. The molecule has 3 rings (SSSR count). The van der Waals surface area contributed by atoms with Crippen LogP contribution in [0.25, 0.3) is 0 Å². The number of terminal acetylenes is 1. The van der Waals surface area contributed by atoms with Crippen LogP contribution in [0.3, 0.4) is 0 Å². The molecule has 0 heterocycles. The minimum absolute atomic E-state index is 0.462. The van der Waals surface area contributed by atoms with Crippen molar-refractivity contribution in [1.29, 1.82) is 0 Å². The first-order valence-electron chi connectivity index (χ1n) is 8.97. The van der Waals surface area contributed by atoms with Crippen molar-refractivity contribution in [2.45, 2.75) is 6.92 Å². The fourth-order valence-electron chi connectivity index (χ4n) is 3.60. The summed E-state index contributed by atoms with van der Waals surface area (Å²) in [7, 11) is -3.13. The summed E-state index contributed by atoms with van der Waals surface area (Å²) in [6.45, 7) is 2.41. The Kier molecular flexibility index (Phi) is 6.00. The van der Waals surface area contributed by atoms with E-state index in [2.05, 4.69) is 17.8 Å². The molecule has 0 fully saturated rings. The number of rotatable bonds is 5. The molecule has 0 bridgehead atoms. The van der Waals surface area contributed by atoms with E-state index in [4.69, 9.17) is 23.7 Å². The summed E-state index contributed by atoms with van der Waals surface area (Å²) in [5.74, 6) is 7.91. The van der Waals surface area contributed by atoms with Crippen LogP contribution >= 0.6 is 0 Å². The van der Waals surface area contributed by atoms with Crippen LogP contribution in [0.15, 0.2) is 72.8 Å². The van der Waals surface area contributed by atoms with Crippen molar-refractivity contribution < 1.29 is 4.43 Å². The van der Waals surface area contributed by atoms with Crippen molar-refractivity contribution in [3.05, 3.63) is 102 Å². The zero-order valence-corrected chi connectivity index (χ0v) is 16.6. The van der Waals surface area contributed by atoms with Gasteiger partial charge in [-0.3, -0.25) is 0 Å². The molecule has 1 radical (unpaired) electrons. The molecular formula is C26H18OSi+. The molecule has 28 heavy (non-hydrogen) atoms. The summed E-state index contributed by atoms with van der Waals surface area (Å²) in [5.41, 5.74) is 2.07. The molecule has 0 saturated heterocycles. The van der Waals surface area contributed by atoms with Gasteiger partial charge in [0.15, 0.2) is 0 Å². The average Bonchev–Trinajstić information content (AvgIpc) is 2.77. The van der Waals surface area contributed by atoms with Crippen LogP contribution in [0.5, 0.6) is 0 Å². The Hall–Kier alpha value is -3.26. The first-order chi connectivity index (χ1) is 13.7. The van der Waals surface area contributed by atoms with Crippen molar-refractivity contribution in [2.75, 3.05) is 6.61 Å². The molecule has 1 nitrogen and oxygen atoms in total. The summed E-state index contributed by atoms with van der Waals surface area (Å²) < 4.78 is 6.61. The monoisotopic (exact) mass is 374 g/mol. The molecule has 0 aliphatic heterocycles. The van der Waals surface area contributed by atoms with Gasteiger partial charge in [-0.1, -0.05) is 0 Å². The zero-order valence-electron chi connectivity index (χ0n) is 15.6. The van der Waals surface area contributed by atoms with Crippen LogP contribution < -0.4 is 15.6 Å². The molecule has 3 aromatic carbocycles. The van der Waals surface area contributed by atoms with Gasteiger partial charge in [0.1, 0.15) is 0 Å². The van der Waals surface area contributed by atoms with Gasteiger partial charge in [0.2, 0.25) is 0 Å². The van der Waals surface area contributed by atoms with Crippen LogP contribution in [0.1, 0.15) is 23.6 Å². The third-order valence-corrected chi connectivity index (χ3v) is 9.01. The first kappa shape index (κ1) is 19.5. The molecule has 0 N–H and O–H groups in total. The van der Waals surface area contributed by atoms with E-state index >= 15 is 0 Å². The molecule has 0 spiro atoms. The van der Waals surface area contributed by atoms with E-state index in [9.17, 15) is 0 Å². The Labute approximate surface area is 168 Å². The van der Waals surface area contributed by atoms with E-state index in [0.717, 1.165) is 21.1 Å². The molecule has 0 atom stereocenters. The standard InChI is InChI=1S/C26H18OSi/c1-5-21-15-9-12-18-24(21)28(27-8-4,25-19-13-10-16-22(25)6-2)26-20-14-11-17-23(26)7-3/h1,9-20H,8H2,4H3/q+1. The van der Waals surface area contributed by atoms with Crippen LogP contribution in [0.4, 0.5) is 0 Å². The predicted molar refractivity (Wildman–Crippen MR) is 116 cm³/mol. The number of hydrogen-bond acceptors (Lipinski definition) is 1. The average molecular weight is 375 g/mol. The molecule has 0 aliphatic carbocycles. The number of benzene rings is 3. The Morgan fingerprint density at radius 1 is 0.857 bits per heavy atom. The van der Waals surface area contributed by atoms with E-state index in [1.165, 1.54) is 0 Å². The van der Waals surface area contributed by atoms with Gasteiger partial charge in [0.05, 0.1) is 0 Å². The van der Waals surface area contributed by atoms with Gasteiger partial charge < -0.3 is 0 Å². The van der Waals surface area contributed by atoms with E-state index in [1.807, 2.05) is 79.7 Å². The third kappa shape index (κ3) is 3.22. The van der Waals surface area contributed by atoms with E-state index in [0.29, 0.717) is 17.7 Å². The quantitative estimate of drug-likeness (QED) is 0.289. The molecule has 0 amide bonds. The molecule has 0 aliphatic rings. The third-order valence-electron chi connectivity index (χ3n) is 4.70. The van der Waals surface area contributed by atoms with Crippen LogP contribution in [0, 0.1) is 37.0 Å². The van der Waals surface area contributed by atoms with Crippen molar-refractivity contribution in [2.24, 2.45) is 0 Å². The van der Waals surface area contributed by atoms with Gasteiger partial charge in [0, 0.05) is 0 Å². The second kappa shape index (κ2) is 8.62. The summed E-state index contributed by atoms with van der Waals surface area (Å²) in [4.78, 5) is 0. The maximum absolute atomic E-state index is 7.84. The molecule has 2 heteroatoms. The number of hydrogen-bond donors (Lipinski definition) is 0. The summed E-state index contributed by atoms with van der Waals surface area (Å²) in [5, 5.41) is 2.69. The zero-order chi connectivity index (χ0) is 20.0. The van der Waals surface area contributed by atoms with E-state index in [1.54, 1.807) is 0 Å². The Morgan fingerprint density at radius 2 is 1.32 bits per heavy atom. The van der Waals surface area contributed by atoms with Crippen molar-refractivity contribution >= 4 is 23.9 Å². The predicted octanol–water partition coefficient (Wildman–Crippen LogP) is 2.55. The fraction of sp³-hybridized carbons (Fsp3) is 0.0769. The van der Waals surface area contributed by atoms with Crippen LogP contribution in [0.2, 0.25) is 0 Å². The molecular weight excluding hydrogens is 356 g/mol. The summed E-state index contributed by atoms with van der Waals surface area (Å²) >= 11 is 0. The van der Waals surface area contributed by atoms with Gasteiger partial charge in [-0.15, -0.1) is 0 Å². The van der Waals surface area contributed by atoms with Gasteiger partial charge >= 0.3 is 168 Å². The molecule has 0 saturated carbocycles. The Balaban J connectivity index is 2.54. The molecule has 0 aromatic heterocycles. The Morgan fingerprint density at radius 3 is 1.82 bits per heavy atom. The summed E-state index contributed by atoms with van der Waals surface area (Å²) in [6.07, 6.45) is 21.5. The van der Waals surface area contributed by atoms with Crippen molar-refractivity contribution in [3.63, 3.8) is 0 Å². The second-order valence-corrected chi connectivity index (χ2v) is 9.41.